The molecule has 0 saturated heterocycles. The van der Waals surface area contributed by atoms with Gasteiger partial charge in [-0.15, -0.1) is 0 Å². The van der Waals surface area contributed by atoms with Crippen molar-refractivity contribution in [3.63, 3.8) is 0 Å². The lowest BCUT2D eigenvalue weighted by Gasteiger charge is -2.04. The highest BCUT2D eigenvalue weighted by Crippen LogP contribution is 2.21. The summed E-state index contributed by atoms with van der Waals surface area (Å²) in [6.45, 7) is 0. The maximum atomic E-state index is 12.8. The van der Waals surface area contributed by atoms with E-state index in [1.165, 1.54) is 17.2 Å². The molecule has 30 heavy (non-hydrogen) atoms. The van der Waals surface area contributed by atoms with Crippen LogP contribution in [0.5, 0.6) is 5.75 Å². The zero-order chi connectivity index (χ0) is 20.5. The van der Waals surface area contributed by atoms with Crippen LogP contribution in [-0.4, -0.2) is 32.8 Å². The van der Waals surface area contributed by atoms with Gasteiger partial charge >= 0.3 is 0 Å². The van der Waals surface area contributed by atoms with Crippen LogP contribution >= 0.6 is 0 Å². The fourth-order valence-corrected chi connectivity index (χ4v) is 3.32. The monoisotopic (exact) mass is 395 g/mol. The Hall–Kier alpha value is -4.26. The zero-order valence-electron chi connectivity index (χ0n) is 16.1. The van der Waals surface area contributed by atoms with Crippen molar-refractivity contribution in [2.24, 2.45) is 5.10 Å². The van der Waals surface area contributed by atoms with Crippen LogP contribution in [-0.2, 0) is 0 Å². The molecule has 5 rings (SSSR count). The number of aromatic nitrogens is 4. The third-order valence-corrected chi connectivity index (χ3v) is 4.88. The van der Waals surface area contributed by atoms with Crippen LogP contribution in [0.1, 0.15) is 5.56 Å². The largest absolute Gasteiger partial charge is 0.497 e. The summed E-state index contributed by atoms with van der Waals surface area (Å²) < 4.78 is 8.12. The molecule has 2 heterocycles. The van der Waals surface area contributed by atoms with Gasteiger partial charge in [0.05, 0.1) is 25.2 Å². The van der Waals surface area contributed by atoms with Crippen LogP contribution in [0.15, 0.2) is 89.2 Å². The fraction of sp³-hybridized carbons (Fsp3) is 0.0435. The van der Waals surface area contributed by atoms with Gasteiger partial charge in [-0.25, -0.2) is 9.67 Å². The lowest BCUT2D eigenvalue weighted by molar-refractivity contribution is 0.415. The molecule has 146 valence electrons. The van der Waals surface area contributed by atoms with Crippen LogP contribution in [0.2, 0.25) is 0 Å². The lowest BCUT2D eigenvalue weighted by Crippen LogP contribution is -2.17. The molecule has 5 aromatic rings. The second-order valence-electron chi connectivity index (χ2n) is 6.74. The highest BCUT2D eigenvalue weighted by Gasteiger charge is 2.10. The first-order valence-electron chi connectivity index (χ1n) is 9.36. The molecule has 0 saturated carbocycles. The second-order valence-corrected chi connectivity index (χ2v) is 6.74. The molecule has 0 N–H and O–H groups in total. The van der Waals surface area contributed by atoms with Crippen LogP contribution in [0.3, 0.4) is 0 Å². The normalized spacial score (nSPS) is 11.5. The Morgan fingerprint density at radius 2 is 1.80 bits per heavy atom. The predicted molar refractivity (Wildman–Crippen MR) is 117 cm³/mol. The van der Waals surface area contributed by atoms with E-state index < -0.39 is 0 Å². The molecule has 0 amide bonds. The smallest absolute Gasteiger partial charge is 0.285 e. The molecule has 0 aliphatic rings. The second kappa shape index (κ2) is 7.29. The van der Waals surface area contributed by atoms with Crippen LogP contribution in [0.25, 0.3) is 27.5 Å². The summed E-state index contributed by atoms with van der Waals surface area (Å²) in [5.41, 5.74) is 1.94. The topological polar surface area (TPSA) is 74.3 Å². The Morgan fingerprint density at radius 1 is 1.00 bits per heavy atom. The molecule has 0 unspecified atom stereocenters. The first-order valence-corrected chi connectivity index (χ1v) is 9.36. The van der Waals surface area contributed by atoms with Gasteiger partial charge in [0.15, 0.2) is 5.65 Å². The lowest BCUT2D eigenvalue weighted by atomic mass is 10.1. The molecule has 0 spiro atoms. The molecular formula is C23H17N5O2. The first kappa shape index (κ1) is 17.8. The number of hydrogen-bond acceptors (Lipinski definition) is 5. The molecule has 0 fully saturated rings. The highest BCUT2D eigenvalue weighted by molar-refractivity contribution is 5.91. The third-order valence-electron chi connectivity index (χ3n) is 4.88. The van der Waals surface area contributed by atoms with E-state index in [1.54, 1.807) is 18.0 Å². The summed E-state index contributed by atoms with van der Waals surface area (Å²) in [6, 6.07) is 21.4. The van der Waals surface area contributed by atoms with Gasteiger partial charge in [0.25, 0.3) is 5.56 Å². The maximum absolute atomic E-state index is 12.8. The van der Waals surface area contributed by atoms with Crippen molar-refractivity contribution in [2.75, 3.05) is 7.11 Å². The third kappa shape index (κ3) is 3.12. The Balaban J connectivity index is 1.49. The number of fused-ring (bicyclic) bond motifs is 2. The van der Waals surface area contributed by atoms with E-state index in [-0.39, 0.29) is 5.56 Å². The van der Waals surface area contributed by atoms with Crippen molar-refractivity contribution in [3.05, 3.63) is 95.2 Å². The summed E-state index contributed by atoms with van der Waals surface area (Å²) in [5.74, 6) is 0.811. The quantitative estimate of drug-likeness (QED) is 0.436. The van der Waals surface area contributed by atoms with Crippen molar-refractivity contribution in [2.45, 2.75) is 0 Å². The number of hydrogen-bond donors (Lipinski definition) is 0. The Labute approximate surface area is 171 Å². The van der Waals surface area contributed by atoms with Crippen molar-refractivity contribution in [3.8, 4) is 11.4 Å². The van der Waals surface area contributed by atoms with Crippen LogP contribution < -0.4 is 10.3 Å². The molecule has 7 nitrogen and oxygen atoms in total. The van der Waals surface area contributed by atoms with E-state index in [2.05, 4.69) is 15.2 Å². The molecule has 3 aromatic carbocycles. The number of nitrogens with zero attached hydrogens (tertiary/aromatic N) is 5. The first-order chi connectivity index (χ1) is 14.7. The molecule has 0 aliphatic carbocycles. The van der Waals surface area contributed by atoms with E-state index in [0.717, 1.165) is 27.8 Å². The molecular weight excluding hydrogens is 378 g/mol. The van der Waals surface area contributed by atoms with Gasteiger partial charge in [-0.1, -0.05) is 36.4 Å². The summed E-state index contributed by atoms with van der Waals surface area (Å²) >= 11 is 0. The van der Waals surface area contributed by atoms with Crippen molar-refractivity contribution in [1.29, 1.82) is 0 Å². The summed E-state index contributed by atoms with van der Waals surface area (Å²) in [5, 5.41) is 11.2. The summed E-state index contributed by atoms with van der Waals surface area (Å²) in [4.78, 5) is 17.2. The molecule has 0 atom stereocenters. The van der Waals surface area contributed by atoms with Gasteiger partial charge in [-0.3, -0.25) is 4.79 Å². The SMILES string of the molecule is COc1ccc2cc(/C=N\n3cnc4c(cnn4-c4ccccc4)c3=O)ccc2c1. The van der Waals surface area contributed by atoms with E-state index in [1.807, 2.05) is 66.7 Å². The van der Waals surface area contributed by atoms with E-state index in [0.29, 0.717) is 11.0 Å². The van der Waals surface area contributed by atoms with Crippen LogP contribution in [0.4, 0.5) is 0 Å². The number of benzene rings is 3. The molecule has 7 heteroatoms. The number of ether oxygens (including phenoxy) is 1. The van der Waals surface area contributed by atoms with Gasteiger partial charge in [0.1, 0.15) is 17.5 Å². The van der Waals surface area contributed by atoms with Crippen molar-refractivity contribution >= 4 is 28.0 Å². The standard InChI is InChI=1S/C23H17N5O2/c1-30-20-10-9-17-11-16(7-8-18(17)12-20)13-25-27-15-24-22-21(23(27)29)14-26-28(22)19-5-3-2-4-6-19/h2-15H,1H3/b25-13-. The Morgan fingerprint density at radius 3 is 2.63 bits per heavy atom. The molecule has 0 bridgehead atoms. The van der Waals surface area contributed by atoms with Crippen molar-refractivity contribution < 1.29 is 4.74 Å². The Kier molecular flexibility index (Phi) is 4.33. The fourth-order valence-electron chi connectivity index (χ4n) is 3.32. The van der Waals surface area contributed by atoms with E-state index >= 15 is 0 Å². The highest BCUT2D eigenvalue weighted by atomic mass is 16.5. The average molecular weight is 395 g/mol. The zero-order valence-corrected chi connectivity index (χ0v) is 16.1. The predicted octanol–water partition coefficient (Wildman–Crippen LogP) is 3.63. The van der Waals surface area contributed by atoms with Gasteiger partial charge in [0.2, 0.25) is 0 Å². The minimum atomic E-state index is -0.274. The molecule has 0 radical (unpaired) electrons. The van der Waals surface area contributed by atoms with Gasteiger partial charge in [-0.05, 0) is 46.7 Å². The maximum Gasteiger partial charge on any atom is 0.285 e. The summed E-state index contributed by atoms with van der Waals surface area (Å²) in [7, 11) is 1.65. The number of rotatable bonds is 4. The van der Waals surface area contributed by atoms with Crippen molar-refractivity contribution in [1.82, 2.24) is 19.4 Å². The number of para-hydroxylation sites is 1. The van der Waals surface area contributed by atoms with Crippen LogP contribution in [0, 0.1) is 0 Å². The minimum absolute atomic E-state index is 0.274. The van der Waals surface area contributed by atoms with E-state index in [4.69, 9.17) is 4.74 Å². The Bertz CT molecular complexity index is 1450. The molecule has 2 aromatic heterocycles. The van der Waals surface area contributed by atoms with Gasteiger partial charge in [0, 0.05) is 0 Å². The van der Waals surface area contributed by atoms with E-state index in [9.17, 15) is 4.79 Å². The average Bonchev–Trinajstić information content (AvgIpc) is 3.24. The van der Waals surface area contributed by atoms with Gasteiger partial charge < -0.3 is 4.74 Å². The molecule has 0 aliphatic heterocycles. The summed E-state index contributed by atoms with van der Waals surface area (Å²) in [6.07, 6.45) is 4.57. The van der Waals surface area contributed by atoms with Gasteiger partial charge in [-0.2, -0.15) is 14.9 Å². The number of methoxy groups -OCH3 is 1. The minimum Gasteiger partial charge on any atom is -0.497 e.